The second-order valence-corrected chi connectivity index (χ2v) is 6.46. The molecule has 0 radical (unpaired) electrons. The van der Waals surface area contributed by atoms with Gasteiger partial charge in [-0.3, -0.25) is 9.36 Å². The van der Waals surface area contributed by atoms with Crippen LogP contribution in [0.2, 0.25) is 5.02 Å². The third-order valence-electron chi connectivity index (χ3n) is 4.22. The van der Waals surface area contributed by atoms with Crippen LogP contribution in [-0.4, -0.2) is 4.57 Å². The predicted octanol–water partition coefficient (Wildman–Crippen LogP) is 4.68. The van der Waals surface area contributed by atoms with Crippen LogP contribution in [0.25, 0.3) is 5.69 Å². The Kier molecular flexibility index (Phi) is 7.35. The Morgan fingerprint density at radius 3 is 2.48 bits per heavy atom. The summed E-state index contributed by atoms with van der Waals surface area (Å²) in [6.07, 6.45) is 0. The molecule has 0 spiro atoms. The highest BCUT2D eigenvalue weighted by molar-refractivity contribution is 6.31. The number of hydrogen-bond donors (Lipinski definition) is 1. The van der Waals surface area contributed by atoms with Gasteiger partial charge in [-0.2, -0.15) is 0 Å². The van der Waals surface area contributed by atoms with Crippen LogP contribution in [0, 0.1) is 24.4 Å². The molecule has 2 aromatic carbocycles. The van der Waals surface area contributed by atoms with Crippen molar-refractivity contribution in [3.8, 4) is 11.4 Å². The fourth-order valence-electron chi connectivity index (χ4n) is 2.78. The minimum absolute atomic E-state index is 0. The normalized spacial score (nSPS) is 10.6. The summed E-state index contributed by atoms with van der Waals surface area (Å²) in [7, 11) is 0. The third-order valence-corrected chi connectivity index (χ3v) is 4.57. The number of benzene rings is 2. The average molecular weight is 445 g/mol. The van der Waals surface area contributed by atoms with E-state index in [1.807, 2.05) is 0 Å². The van der Waals surface area contributed by atoms with Crippen LogP contribution >= 0.6 is 24.0 Å². The van der Waals surface area contributed by atoms with Crippen LogP contribution in [0.1, 0.15) is 16.8 Å². The lowest BCUT2D eigenvalue weighted by atomic mass is 10.1. The summed E-state index contributed by atoms with van der Waals surface area (Å²) >= 11 is 6.12. The van der Waals surface area contributed by atoms with Gasteiger partial charge in [0.15, 0.2) is 5.82 Å². The van der Waals surface area contributed by atoms with Crippen LogP contribution in [0.3, 0.4) is 0 Å². The number of aromatic nitrogens is 1. The second-order valence-electron chi connectivity index (χ2n) is 6.08. The number of ether oxygens (including phenoxy) is 1. The van der Waals surface area contributed by atoms with Gasteiger partial charge in [0.25, 0.3) is 5.56 Å². The van der Waals surface area contributed by atoms with E-state index >= 15 is 0 Å². The molecule has 2 N–H and O–H groups in total. The Bertz CT molecular complexity index is 1100. The van der Waals surface area contributed by atoms with Crippen molar-refractivity contribution in [2.45, 2.75) is 20.1 Å². The molecule has 29 heavy (non-hydrogen) atoms. The summed E-state index contributed by atoms with van der Waals surface area (Å²) in [5.41, 5.74) is 5.56. The standard InChI is InChI=1S/C20H16ClF3N2O2.ClH/c1-11-7-17(28-10-13-5-6-14(22)8-15(13)23)18(21)20(27)26(11)16-4-2-3-12(9-25)19(16)24;/h2-8H,9-10,25H2,1H3;1H. The molecule has 0 atom stereocenters. The van der Waals surface area contributed by atoms with E-state index in [-0.39, 0.29) is 53.1 Å². The van der Waals surface area contributed by atoms with Crippen LogP contribution in [0.4, 0.5) is 13.2 Å². The molecule has 3 rings (SSSR count). The lowest BCUT2D eigenvalue weighted by Crippen LogP contribution is -2.23. The Morgan fingerprint density at radius 2 is 1.83 bits per heavy atom. The zero-order valence-corrected chi connectivity index (χ0v) is 16.8. The van der Waals surface area contributed by atoms with Crippen molar-refractivity contribution in [1.29, 1.82) is 0 Å². The third kappa shape index (κ3) is 4.58. The van der Waals surface area contributed by atoms with Gasteiger partial charge < -0.3 is 10.5 Å². The molecule has 0 fully saturated rings. The van der Waals surface area contributed by atoms with E-state index in [0.29, 0.717) is 5.69 Å². The second kappa shape index (κ2) is 9.35. The molecular weight excluding hydrogens is 428 g/mol. The van der Waals surface area contributed by atoms with Crippen LogP contribution in [0.15, 0.2) is 47.3 Å². The summed E-state index contributed by atoms with van der Waals surface area (Å²) in [6, 6.07) is 9.06. The Balaban J connectivity index is 0.00000300. The molecule has 3 aromatic rings. The maximum Gasteiger partial charge on any atom is 0.277 e. The first-order valence-electron chi connectivity index (χ1n) is 8.30. The largest absolute Gasteiger partial charge is 0.487 e. The average Bonchev–Trinajstić information content (AvgIpc) is 2.66. The lowest BCUT2D eigenvalue weighted by Gasteiger charge is -2.16. The molecule has 0 saturated carbocycles. The number of pyridine rings is 1. The van der Waals surface area contributed by atoms with Gasteiger partial charge in [0.05, 0.1) is 5.69 Å². The molecule has 0 amide bonds. The summed E-state index contributed by atoms with van der Waals surface area (Å²) in [6.45, 7) is 1.30. The Hall–Kier alpha value is -2.48. The molecule has 9 heteroatoms. The van der Waals surface area contributed by atoms with Crippen molar-refractivity contribution in [3.05, 3.63) is 92.1 Å². The highest BCUT2D eigenvalue weighted by Crippen LogP contribution is 2.26. The monoisotopic (exact) mass is 444 g/mol. The SMILES string of the molecule is Cc1cc(OCc2ccc(F)cc2F)c(Cl)c(=O)n1-c1cccc(CN)c1F.Cl. The van der Waals surface area contributed by atoms with E-state index in [9.17, 15) is 18.0 Å². The zero-order chi connectivity index (χ0) is 20.4. The molecule has 4 nitrogen and oxygen atoms in total. The van der Waals surface area contributed by atoms with Crippen molar-refractivity contribution in [1.82, 2.24) is 4.57 Å². The molecule has 0 bridgehead atoms. The number of rotatable bonds is 5. The van der Waals surface area contributed by atoms with Gasteiger partial charge in [0.1, 0.15) is 29.0 Å². The van der Waals surface area contributed by atoms with Crippen molar-refractivity contribution in [2.75, 3.05) is 0 Å². The summed E-state index contributed by atoms with van der Waals surface area (Å²) < 4.78 is 47.9. The van der Waals surface area contributed by atoms with Gasteiger partial charge in [0, 0.05) is 35.5 Å². The molecule has 0 unspecified atom stereocenters. The molecule has 0 aliphatic carbocycles. The highest BCUT2D eigenvalue weighted by atomic mass is 35.5. The van der Waals surface area contributed by atoms with Crippen molar-refractivity contribution in [3.63, 3.8) is 0 Å². The van der Waals surface area contributed by atoms with Gasteiger partial charge in [-0.25, -0.2) is 13.2 Å². The fraction of sp³-hybridized carbons (Fsp3) is 0.150. The van der Waals surface area contributed by atoms with E-state index < -0.39 is 23.0 Å². The fourth-order valence-corrected chi connectivity index (χ4v) is 2.97. The quantitative estimate of drug-likeness (QED) is 0.621. The van der Waals surface area contributed by atoms with Gasteiger partial charge in [-0.15, -0.1) is 12.4 Å². The number of nitrogens with two attached hydrogens (primary N) is 1. The van der Waals surface area contributed by atoms with Gasteiger partial charge in [0.2, 0.25) is 0 Å². The first-order valence-corrected chi connectivity index (χ1v) is 8.68. The first-order chi connectivity index (χ1) is 13.3. The van der Waals surface area contributed by atoms with E-state index in [1.54, 1.807) is 13.0 Å². The van der Waals surface area contributed by atoms with Crippen LogP contribution in [-0.2, 0) is 13.2 Å². The van der Waals surface area contributed by atoms with Crippen molar-refractivity contribution in [2.24, 2.45) is 5.73 Å². The number of hydrogen-bond acceptors (Lipinski definition) is 3. The Morgan fingerprint density at radius 1 is 1.10 bits per heavy atom. The van der Waals surface area contributed by atoms with Crippen molar-refractivity contribution >= 4 is 24.0 Å². The summed E-state index contributed by atoms with van der Waals surface area (Å²) in [5, 5.41) is -0.286. The van der Waals surface area contributed by atoms with Gasteiger partial charge in [-0.1, -0.05) is 23.7 Å². The molecule has 1 aromatic heterocycles. The minimum Gasteiger partial charge on any atom is -0.487 e. The molecule has 0 aliphatic rings. The molecule has 0 aliphatic heterocycles. The predicted molar refractivity (Wildman–Crippen MR) is 108 cm³/mol. The van der Waals surface area contributed by atoms with E-state index in [4.69, 9.17) is 22.1 Å². The maximum atomic E-state index is 14.6. The molecular formula is C20H17Cl2F3N2O2. The smallest absolute Gasteiger partial charge is 0.277 e. The number of nitrogens with zero attached hydrogens (tertiary/aromatic N) is 1. The van der Waals surface area contributed by atoms with Crippen molar-refractivity contribution < 1.29 is 17.9 Å². The van der Waals surface area contributed by atoms with Crippen LogP contribution in [0.5, 0.6) is 5.75 Å². The maximum absolute atomic E-state index is 14.6. The van der Waals surface area contributed by atoms with E-state index in [2.05, 4.69) is 0 Å². The minimum atomic E-state index is -0.776. The first kappa shape index (κ1) is 22.8. The summed E-state index contributed by atoms with van der Waals surface area (Å²) in [4.78, 5) is 12.7. The zero-order valence-electron chi connectivity index (χ0n) is 15.2. The van der Waals surface area contributed by atoms with Crippen LogP contribution < -0.4 is 16.0 Å². The molecule has 0 saturated heterocycles. The van der Waals surface area contributed by atoms with E-state index in [0.717, 1.165) is 16.7 Å². The number of aryl methyl sites for hydroxylation is 1. The van der Waals surface area contributed by atoms with E-state index in [1.165, 1.54) is 24.3 Å². The highest BCUT2D eigenvalue weighted by Gasteiger charge is 2.18. The number of halogens is 5. The van der Waals surface area contributed by atoms with Gasteiger partial charge >= 0.3 is 0 Å². The molecule has 1 heterocycles. The summed E-state index contributed by atoms with van der Waals surface area (Å²) in [5.74, 6) is -2.09. The lowest BCUT2D eigenvalue weighted by molar-refractivity contribution is 0.298. The molecule has 154 valence electrons. The Labute approximate surface area is 176 Å². The van der Waals surface area contributed by atoms with Gasteiger partial charge in [-0.05, 0) is 25.1 Å². The topological polar surface area (TPSA) is 57.2 Å².